The van der Waals surface area contributed by atoms with Crippen LogP contribution in [-0.4, -0.2) is 12.2 Å². The van der Waals surface area contributed by atoms with Gasteiger partial charge in [0.25, 0.3) is 0 Å². The third-order valence-electron chi connectivity index (χ3n) is 3.36. The van der Waals surface area contributed by atoms with Gasteiger partial charge in [-0.05, 0) is 31.0 Å². The summed E-state index contributed by atoms with van der Waals surface area (Å²) in [7, 11) is 1.55. The van der Waals surface area contributed by atoms with Crippen molar-refractivity contribution in [2.45, 2.75) is 27.1 Å². The largest absolute Gasteiger partial charge is 0.493 e. The van der Waals surface area contributed by atoms with Gasteiger partial charge < -0.3 is 14.6 Å². The van der Waals surface area contributed by atoms with E-state index in [0.717, 1.165) is 5.56 Å². The zero-order valence-corrected chi connectivity index (χ0v) is 13.2. The molecule has 0 radical (unpaired) electrons. The van der Waals surface area contributed by atoms with Crippen molar-refractivity contribution in [2.24, 2.45) is 0 Å². The van der Waals surface area contributed by atoms with Crippen LogP contribution in [0, 0.1) is 13.8 Å². The average molecular weight is 307 g/mol. The Morgan fingerprint density at radius 2 is 1.86 bits per heavy atom. The zero-order valence-electron chi connectivity index (χ0n) is 12.4. The van der Waals surface area contributed by atoms with Gasteiger partial charge in [-0.2, -0.15) is 0 Å². The predicted octanol–water partition coefficient (Wildman–Crippen LogP) is 4.04. The second-order valence-electron chi connectivity index (χ2n) is 4.97. The van der Waals surface area contributed by atoms with E-state index < -0.39 is 0 Å². The van der Waals surface area contributed by atoms with Gasteiger partial charge >= 0.3 is 0 Å². The maximum absolute atomic E-state index is 9.46. The molecule has 0 aliphatic heterocycles. The summed E-state index contributed by atoms with van der Waals surface area (Å²) in [5.41, 5.74) is 4.07. The second-order valence-corrected chi connectivity index (χ2v) is 5.41. The summed E-state index contributed by atoms with van der Waals surface area (Å²) in [4.78, 5) is 0. The van der Waals surface area contributed by atoms with Gasteiger partial charge in [0.2, 0.25) is 0 Å². The summed E-state index contributed by atoms with van der Waals surface area (Å²) in [6.07, 6.45) is 0. The average Bonchev–Trinajstić information content (AvgIpc) is 2.48. The molecule has 0 aliphatic carbocycles. The van der Waals surface area contributed by atoms with Crippen LogP contribution in [-0.2, 0) is 13.2 Å². The molecule has 0 saturated carbocycles. The summed E-state index contributed by atoms with van der Waals surface area (Å²) in [6.45, 7) is 4.35. The Bertz CT molecular complexity index is 613. The summed E-state index contributed by atoms with van der Waals surface area (Å²) < 4.78 is 11.2. The first-order valence-corrected chi connectivity index (χ1v) is 7.09. The molecule has 112 valence electrons. The Morgan fingerprint density at radius 3 is 2.52 bits per heavy atom. The lowest BCUT2D eigenvalue weighted by Gasteiger charge is -2.16. The minimum absolute atomic E-state index is 0.154. The van der Waals surface area contributed by atoms with Gasteiger partial charge in [0.1, 0.15) is 6.61 Å². The first-order valence-electron chi connectivity index (χ1n) is 6.71. The highest BCUT2D eigenvalue weighted by atomic mass is 35.5. The van der Waals surface area contributed by atoms with E-state index >= 15 is 0 Å². The van der Waals surface area contributed by atoms with E-state index in [2.05, 4.69) is 18.2 Å². The predicted molar refractivity (Wildman–Crippen MR) is 84.2 cm³/mol. The van der Waals surface area contributed by atoms with Crippen LogP contribution in [0.25, 0.3) is 0 Å². The molecule has 2 rings (SSSR count). The van der Waals surface area contributed by atoms with Crippen molar-refractivity contribution in [3.05, 3.63) is 57.6 Å². The van der Waals surface area contributed by atoms with Crippen LogP contribution < -0.4 is 9.47 Å². The maximum atomic E-state index is 9.46. The number of rotatable bonds is 5. The molecule has 0 saturated heterocycles. The number of benzene rings is 2. The highest BCUT2D eigenvalue weighted by Gasteiger charge is 2.13. The van der Waals surface area contributed by atoms with E-state index in [0.29, 0.717) is 28.7 Å². The minimum Gasteiger partial charge on any atom is -0.493 e. The fraction of sp³-hybridized carbons (Fsp3) is 0.294. The fourth-order valence-corrected chi connectivity index (χ4v) is 2.39. The minimum atomic E-state index is -0.154. The van der Waals surface area contributed by atoms with Crippen LogP contribution >= 0.6 is 11.6 Å². The van der Waals surface area contributed by atoms with Crippen molar-refractivity contribution in [1.29, 1.82) is 0 Å². The van der Waals surface area contributed by atoms with Crippen LogP contribution in [0.5, 0.6) is 11.5 Å². The van der Waals surface area contributed by atoms with E-state index in [9.17, 15) is 5.11 Å². The standard InChI is InChI=1S/C17H19ClO3/c1-11-4-5-12(2)14(6-11)10-21-17-13(9-19)7-15(18)8-16(17)20-3/h4-8,19H,9-10H2,1-3H3. The van der Waals surface area contributed by atoms with E-state index in [1.807, 2.05) is 13.8 Å². The van der Waals surface area contributed by atoms with Crippen LogP contribution in [0.15, 0.2) is 30.3 Å². The molecule has 0 fully saturated rings. The van der Waals surface area contributed by atoms with E-state index in [1.54, 1.807) is 19.2 Å². The Morgan fingerprint density at radius 1 is 1.10 bits per heavy atom. The number of methoxy groups -OCH3 is 1. The number of hydrogen-bond acceptors (Lipinski definition) is 3. The van der Waals surface area contributed by atoms with Crippen molar-refractivity contribution in [3.8, 4) is 11.5 Å². The van der Waals surface area contributed by atoms with Crippen LogP contribution in [0.3, 0.4) is 0 Å². The molecule has 0 atom stereocenters. The molecule has 4 heteroatoms. The van der Waals surface area contributed by atoms with Crippen molar-refractivity contribution in [3.63, 3.8) is 0 Å². The summed E-state index contributed by atoms with van der Waals surface area (Å²) in [5.74, 6) is 1.06. The molecule has 1 N–H and O–H groups in total. The molecule has 0 bridgehead atoms. The van der Waals surface area contributed by atoms with Gasteiger partial charge in [-0.3, -0.25) is 0 Å². The molecule has 21 heavy (non-hydrogen) atoms. The van der Waals surface area contributed by atoms with Crippen LogP contribution in [0.2, 0.25) is 5.02 Å². The van der Waals surface area contributed by atoms with Crippen molar-refractivity contribution in [1.82, 2.24) is 0 Å². The smallest absolute Gasteiger partial charge is 0.167 e. The molecule has 3 nitrogen and oxygen atoms in total. The normalized spacial score (nSPS) is 10.5. The second kappa shape index (κ2) is 6.83. The number of hydrogen-bond donors (Lipinski definition) is 1. The van der Waals surface area contributed by atoms with Gasteiger partial charge in [0, 0.05) is 16.7 Å². The zero-order chi connectivity index (χ0) is 15.4. The molecule has 0 heterocycles. The number of aliphatic hydroxyl groups excluding tert-OH is 1. The molecule has 2 aromatic rings. The summed E-state index contributed by atoms with van der Waals surface area (Å²) >= 11 is 6.00. The highest BCUT2D eigenvalue weighted by molar-refractivity contribution is 6.30. The highest BCUT2D eigenvalue weighted by Crippen LogP contribution is 2.35. The summed E-state index contributed by atoms with van der Waals surface area (Å²) in [5, 5.41) is 9.97. The van der Waals surface area contributed by atoms with E-state index in [1.165, 1.54) is 11.1 Å². The SMILES string of the molecule is COc1cc(Cl)cc(CO)c1OCc1cc(C)ccc1C. The molecule has 0 amide bonds. The number of aliphatic hydroxyl groups is 1. The fourth-order valence-electron chi connectivity index (χ4n) is 2.16. The Hall–Kier alpha value is -1.71. The Balaban J connectivity index is 2.29. The van der Waals surface area contributed by atoms with Crippen molar-refractivity contribution in [2.75, 3.05) is 7.11 Å². The van der Waals surface area contributed by atoms with Crippen LogP contribution in [0.1, 0.15) is 22.3 Å². The van der Waals surface area contributed by atoms with E-state index in [4.69, 9.17) is 21.1 Å². The first kappa shape index (κ1) is 15.7. The molecular formula is C17H19ClO3. The topological polar surface area (TPSA) is 38.7 Å². The maximum Gasteiger partial charge on any atom is 0.167 e. The first-order chi connectivity index (χ1) is 10.0. The lowest BCUT2D eigenvalue weighted by Crippen LogP contribution is -2.03. The Labute approximate surface area is 130 Å². The third kappa shape index (κ3) is 3.69. The molecule has 2 aromatic carbocycles. The van der Waals surface area contributed by atoms with Gasteiger partial charge in [0.15, 0.2) is 11.5 Å². The summed E-state index contributed by atoms with van der Waals surface area (Å²) in [6, 6.07) is 9.60. The molecule has 0 aliphatic rings. The molecule has 0 unspecified atom stereocenters. The monoisotopic (exact) mass is 306 g/mol. The molecular weight excluding hydrogens is 288 g/mol. The lowest BCUT2D eigenvalue weighted by atomic mass is 10.1. The number of aryl methyl sites for hydroxylation is 2. The van der Waals surface area contributed by atoms with Gasteiger partial charge in [-0.1, -0.05) is 35.4 Å². The molecule has 0 spiro atoms. The molecule has 0 aromatic heterocycles. The van der Waals surface area contributed by atoms with Gasteiger partial charge in [0.05, 0.1) is 13.7 Å². The number of ether oxygens (including phenoxy) is 2. The van der Waals surface area contributed by atoms with Crippen molar-refractivity contribution >= 4 is 11.6 Å². The van der Waals surface area contributed by atoms with Gasteiger partial charge in [-0.25, -0.2) is 0 Å². The Kier molecular flexibility index (Phi) is 5.10. The lowest BCUT2D eigenvalue weighted by molar-refractivity contribution is 0.249. The quantitative estimate of drug-likeness (QED) is 0.906. The third-order valence-corrected chi connectivity index (χ3v) is 3.58. The van der Waals surface area contributed by atoms with Gasteiger partial charge in [-0.15, -0.1) is 0 Å². The van der Waals surface area contributed by atoms with Crippen molar-refractivity contribution < 1.29 is 14.6 Å². The van der Waals surface area contributed by atoms with Crippen LogP contribution in [0.4, 0.5) is 0 Å². The number of halogens is 1. The van der Waals surface area contributed by atoms with E-state index in [-0.39, 0.29) is 6.61 Å².